The van der Waals surface area contributed by atoms with Gasteiger partial charge in [-0.15, -0.1) is 10.2 Å². The maximum absolute atomic E-state index is 12.6. The van der Waals surface area contributed by atoms with E-state index >= 15 is 0 Å². The van der Waals surface area contributed by atoms with Gasteiger partial charge in [-0.3, -0.25) is 4.72 Å². The Labute approximate surface area is 159 Å². The molecule has 0 saturated carbocycles. The number of hydrogen-bond acceptors (Lipinski definition) is 5. The molecule has 140 valence electrons. The zero-order chi connectivity index (χ0) is 19.4. The van der Waals surface area contributed by atoms with E-state index in [1.807, 2.05) is 50.2 Å². The van der Waals surface area contributed by atoms with E-state index in [9.17, 15) is 8.42 Å². The molecule has 27 heavy (non-hydrogen) atoms. The molecular formula is C20H22N4O2S. The van der Waals surface area contributed by atoms with Crippen molar-refractivity contribution in [2.24, 2.45) is 0 Å². The summed E-state index contributed by atoms with van der Waals surface area (Å²) in [5, 5.41) is 11.3. The lowest BCUT2D eigenvalue weighted by Gasteiger charge is -2.15. The number of rotatable bonds is 6. The second kappa shape index (κ2) is 7.75. The van der Waals surface area contributed by atoms with Crippen LogP contribution in [-0.2, 0) is 10.0 Å². The largest absolute Gasteiger partial charge is 0.362 e. The molecule has 3 rings (SSSR count). The highest BCUT2D eigenvalue weighted by Gasteiger charge is 2.18. The van der Waals surface area contributed by atoms with Crippen molar-refractivity contribution >= 4 is 21.7 Å². The summed E-state index contributed by atoms with van der Waals surface area (Å²) in [6.45, 7) is 5.64. The van der Waals surface area contributed by atoms with E-state index in [4.69, 9.17) is 0 Å². The minimum Gasteiger partial charge on any atom is -0.362 e. The molecule has 0 saturated heterocycles. The van der Waals surface area contributed by atoms with Crippen LogP contribution < -0.4 is 10.0 Å². The van der Waals surface area contributed by atoms with Crippen molar-refractivity contribution in [1.82, 2.24) is 10.2 Å². The van der Waals surface area contributed by atoms with Crippen LogP contribution >= 0.6 is 0 Å². The van der Waals surface area contributed by atoms with Gasteiger partial charge in [-0.05, 0) is 55.7 Å². The first-order valence-corrected chi connectivity index (χ1v) is 10.1. The fourth-order valence-electron chi connectivity index (χ4n) is 2.70. The van der Waals surface area contributed by atoms with Gasteiger partial charge in [0.15, 0.2) is 5.82 Å². The number of nitrogens with zero attached hydrogens (tertiary/aromatic N) is 2. The van der Waals surface area contributed by atoms with Crippen LogP contribution in [-0.4, -0.2) is 18.6 Å². The number of benzene rings is 2. The first-order chi connectivity index (χ1) is 12.8. The third kappa shape index (κ3) is 4.62. The van der Waals surface area contributed by atoms with Crippen LogP contribution in [0.5, 0.6) is 0 Å². The van der Waals surface area contributed by atoms with E-state index in [0.717, 1.165) is 11.1 Å². The minimum atomic E-state index is -3.72. The lowest BCUT2D eigenvalue weighted by molar-refractivity contribution is 0.600. The number of aryl methyl sites for hydroxylation is 2. The molecule has 0 fully saturated rings. The molecular weight excluding hydrogens is 360 g/mol. The summed E-state index contributed by atoms with van der Waals surface area (Å²) in [6, 6.07) is 18.6. The summed E-state index contributed by atoms with van der Waals surface area (Å²) in [5.74, 6) is 0.745. The Morgan fingerprint density at radius 1 is 0.889 bits per heavy atom. The third-order valence-electron chi connectivity index (χ3n) is 4.20. The predicted molar refractivity (Wildman–Crippen MR) is 107 cm³/mol. The van der Waals surface area contributed by atoms with Gasteiger partial charge < -0.3 is 5.32 Å². The van der Waals surface area contributed by atoms with E-state index < -0.39 is 10.0 Å². The third-order valence-corrected chi connectivity index (χ3v) is 5.70. The number of nitrogens with one attached hydrogen (secondary N) is 2. The molecule has 3 aromatic rings. The summed E-state index contributed by atoms with van der Waals surface area (Å²) in [4.78, 5) is 0.240. The molecule has 1 aromatic heterocycles. The normalized spacial score (nSPS) is 12.4. The Morgan fingerprint density at radius 3 is 2.22 bits per heavy atom. The second-order valence-electron chi connectivity index (χ2n) is 6.45. The maximum Gasteiger partial charge on any atom is 0.263 e. The molecule has 0 aliphatic heterocycles. The fraction of sp³-hybridized carbons (Fsp3) is 0.200. The second-order valence-corrected chi connectivity index (χ2v) is 8.11. The van der Waals surface area contributed by atoms with E-state index in [0.29, 0.717) is 11.4 Å². The number of aromatic nitrogens is 2. The Hall–Kier alpha value is -2.93. The van der Waals surface area contributed by atoms with E-state index in [-0.39, 0.29) is 16.8 Å². The Kier molecular flexibility index (Phi) is 5.41. The van der Waals surface area contributed by atoms with Crippen molar-refractivity contribution < 1.29 is 8.42 Å². The maximum atomic E-state index is 12.6. The van der Waals surface area contributed by atoms with Crippen molar-refractivity contribution in [1.29, 1.82) is 0 Å². The van der Waals surface area contributed by atoms with Gasteiger partial charge in [-0.2, -0.15) is 0 Å². The number of anilines is 2. The van der Waals surface area contributed by atoms with Gasteiger partial charge in [-0.25, -0.2) is 8.42 Å². The Balaban J connectivity index is 1.73. The average molecular weight is 382 g/mol. The van der Waals surface area contributed by atoms with Gasteiger partial charge in [0.2, 0.25) is 0 Å². The molecule has 0 radical (unpaired) electrons. The fourth-order valence-corrected chi connectivity index (χ4v) is 4.03. The van der Waals surface area contributed by atoms with Gasteiger partial charge in [0.05, 0.1) is 4.90 Å². The first-order valence-electron chi connectivity index (χ1n) is 8.60. The monoisotopic (exact) mass is 382 g/mol. The lowest BCUT2D eigenvalue weighted by Crippen LogP contribution is -2.16. The van der Waals surface area contributed by atoms with Crippen LogP contribution in [0.25, 0.3) is 0 Å². The number of hydrogen-bond donors (Lipinski definition) is 2. The van der Waals surface area contributed by atoms with Crippen LogP contribution in [0.2, 0.25) is 0 Å². The molecule has 1 unspecified atom stereocenters. The minimum absolute atomic E-state index is 0.0537. The highest BCUT2D eigenvalue weighted by molar-refractivity contribution is 7.92. The highest BCUT2D eigenvalue weighted by Crippen LogP contribution is 2.21. The number of sulfonamides is 1. The predicted octanol–water partition coefficient (Wildman–Crippen LogP) is 4.07. The topological polar surface area (TPSA) is 84.0 Å². The van der Waals surface area contributed by atoms with Crippen molar-refractivity contribution in [3.63, 3.8) is 0 Å². The van der Waals surface area contributed by atoms with Crippen LogP contribution in [0, 0.1) is 13.8 Å². The van der Waals surface area contributed by atoms with Gasteiger partial charge in [-0.1, -0.05) is 42.5 Å². The van der Waals surface area contributed by atoms with Gasteiger partial charge in [0.25, 0.3) is 10.0 Å². The molecule has 0 amide bonds. The van der Waals surface area contributed by atoms with Crippen LogP contribution in [0.15, 0.2) is 65.6 Å². The Bertz CT molecular complexity index is 1020. The summed E-state index contributed by atoms with van der Waals surface area (Å²) in [6.07, 6.45) is 0. The molecule has 6 nitrogen and oxygen atoms in total. The first kappa shape index (κ1) is 18.8. The molecule has 0 aliphatic rings. The Morgan fingerprint density at radius 2 is 1.56 bits per heavy atom. The van der Waals surface area contributed by atoms with Crippen LogP contribution in [0.4, 0.5) is 11.6 Å². The van der Waals surface area contributed by atoms with Gasteiger partial charge in [0, 0.05) is 6.04 Å². The zero-order valence-corrected chi connectivity index (χ0v) is 16.3. The van der Waals surface area contributed by atoms with Crippen molar-refractivity contribution in [3.05, 3.63) is 77.4 Å². The molecule has 1 atom stereocenters. The summed E-state index contributed by atoms with van der Waals surface area (Å²) < 4.78 is 27.7. The van der Waals surface area contributed by atoms with Gasteiger partial charge in [0.1, 0.15) is 5.82 Å². The van der Waals surface area contributed by atoms with E-state index in [2.05, 4.69) is 20.2 Å². The standard InChI is InChI=1S/C20H22N4O2S/c1-14-9-10-15(2)18(13-14)27(25,26)24-20-12-11-19(22-23-20)21-16(3)17-7-5-4-6-8-17/h4-13,16H,1-3H3,(H,21,22)(H,23,24). The van der Waals surface area contributed by atoms with Crippen molar-refractivity contribution in [3.8, 4) is 0 Å². The lowest BCUT2D eigenvalue weighted by atomic mass is 10.1. The SMILES string of the molecule is Cc1ccc(C)c(S(=O)(=O)Nc2ccc(NC(C)c3ccccc3)nn2)c1. The molecule has 0 aliphatic carbocycles. The molecule has 0 spiro atoms. The average Bonchev–Trinajstić information content (AvgIpc) is 2.65. The summed E-state index contributed by atoms with van der Waals surface area (Å²) in [5.41, 5.74) is 2.68. The van der Waals surface area contributed by atoms with Crippen LogP contribution in [0.1, 0.15) is 29.7 Å². The zero-order valence-electron chi connectivity index (χ0n) is 15.5. The molecule has 0 bridgehead atoms. The smallest absolute Gasteiger partial charge is 0.263 e. The van der Waals surface area contributed by atoms with Crippen LogP contribution in [0.3, 0.4) is 0 Å². The summed E-state index contributed by atoms with van der Waals surface area (Å²) in [7, 11) is -3.72. The quantitative estimate of drug-likeness (QED) is 0.671. The van der Waals surface area contributed by atoms with Gasteiger partial charge >= 0.3 is 0 Å². The molecule has 1 heterocycles. The molecule has 2 aromatic carbocycles. The van der Waals surface area contributed by atoms with E-state index in [1.165, 1.54) is 0 Å². The molecule has 7 heteroatoms. The van der Waals surface area contributed by atoms with E-state index in [1.54, 1.807) is 31.2 Å². The van der Waals surface area contributed by atoms with Crippen molar-refractivity contribution in [2.75, 3.05) is 10.0 Å². The summed E-state index contributed by atoms with van der Waals surface area (Å²) >= 11 is 0. The van der Waals surface area contributed by atoms with Crippen molar-refractivity contribution in [2.45, 2.75) is 31.7 Å². The highest BCUT2D eigenvalue weighted by atomic mass is 32.2. The molecule has 2 N–H and O–H groups in total.